The van der Waals surface area contributed by atoms with E-state index in [-0.39, 0.29) is 9.80 Å². The molecular weight excluding hydrogens is 438 g/mol. The molecule has 0 bridgehead atoms. The van der Waals surface area contributed by atoms with Gasteiger partial charge >= 0.3 is 0 Å². The van der Waals surface area contributed by atoms with Crippen molar-refractivity contribution in [2.75, 3.05) is 0 Å². The molecule has 31 heavy (non-hydrogen) atoms. The number of imide groups is 1. The van der Waals surface area contributed by atoms with Gasteiger partial charge < -0.3 is 4.42 Å². The monoisotopic (exact) mass is 457 g/mol. The molecule has 0 atom stereocenters. The molecule has 1 aliphatic heterocycles. The van der Waals surface area contributed by atoms with Gasteiger partial charge in [0.2, 0.25) is 10.0 Å². The number of amides is 2. The number of furan rings is 1. The summed E-state index contributed by atoms with van der Waals surface area (Å²) in [7, 11) is -3.64. The fourth-order valence-corrected chi connectivity index (χ4v) is 5.17. The average molecular weight is 458 g/mol. The summed E-state index contributed by atoms with van der Waals surface area (Å²) in [4.78, 5) is 27.7. The van der Waals surface area contributed by atoms with Gasteiger partial charge in [0.05, 0.1) is 9.80 Å². The molecule has 1 aromatic carbocycles. The molecule has 1 saturated heterocycles. The first-order chi connectivity index (χ1) is 14.5. The van der Waals surface area contributed by atoms with Gasteiger partial charge in [0.15, 0.2) is 0 Å². The lowest BCUT2D eigenvalue weighted by Gasteiger charge is -2.20. The van der Waals surface area contributed by atoms with Crippen LogP contribution in [0.15, 0.2) is 56.9 Å². The number of aromatic nitrogens is 1. The van der Waals surface area contributed by atoms with Crippen molar-refractivity contribution in [2.24, 2.45) is 0 Å². The third-order valence-corrected chi connectivity index (χ3v) is 6.86. The Morgan fingerprint density at radius 3 is 2.45 bits per heavy atom. The lowest BCUT2D eigenvalue weighted by atomic mass is 10.1. The number of hydrogen-bond donors (Lipinski definition) is 2. The summed E-state index contributed by atoms with van der Waals surface area (Å²) >= 11 is 0.810. The minimum Gasteiger partial charge on any atom is -0.456 e. The van der Waals surface area contributed by atoms with Crippen LogP contribution in [-0.4, -0.2) is 30.1 Å². The number of pyridine rings is 1. The van der Waals surface area contributed by atoms with E-state index in [0.717, 1.165) is 17.3 Å². The standard InChI is InChI=1S/C21H19N3O5S2/c1-21(2,3)24-31(27,28)15-6-4-12(5-7-15)16-11-22-10-13-8-14(29-18(13)16)9-17-19(25)23-20(26)30-17/h4-11,24H,1-3H3,(H,23,25,26)/b17-9+. The third-order valence-electron chi connectivity index (χ3n) is 4.27. The Morgan fingerprint density at radius 1 is 1.13 bits per heavy atom. The molecule has 0 spiro atoms. The van der Waals surface area contributed by atoms with Crippen molar-refractivity contribution in [1.29, 1.82) is 0 Å². The van der Waals surface area contributed by atoms with Crippen molar-refractivity contribution >= 4 is 50.0 Å². The van der Waals surface area contributed by atoms with E-state index < -0.39 is 26.7 Å². The third kappa shape index (κ3) is 4.55. The van der Waals surface area contributed by atoms with Crippen LogP contribution in [0.5, 0.6) is 0 Å². The molecule has 1 fully saturated rings. The van der Waals surface area contributed by atoms with E-state index in [1.54, 1.807) is 51.4 Å². The smallest absolute Gasteiger partial charge is 0.290 e. The molecule has 8 nitrogen and oxygen atoms in total. The molecule has 2 N–H and O–H groups in total. The number of sulfonamides is 1. The van der Waals surface area contributed by atoms with Gasteiger partial charge in [-0.1, -0.05) is 12.1 Å². The van der Waals surface area contributed by atoms with Crippen LogP contribution in [0.2, 0.25) is 0 Å². The maximum absolute atomic E-state index is 12.5. The van der Waals surface area contributed by atoms with Crippen molar-refractivity contribution < 1.29 is 22.4 Å². The van der Waals surface area contributed by atoms with Crippen molar-refractivity contribution in [1.82, 2.24) is 15.0 Å². The zero-order valence-electron chi connectivity index (χ0n) is 16.9. The number of fused-ring (bicyclic) bond motifs is 1. The molecule has 0 saturated carbocycles. The predicted molar refractivity (Wildman–Crippen MR) is 119 cm³/mol. The second kappa shape index (κ2) is 7.63. The fraction of sp³-hybridized carbons (Fsp3) is 0.190. The Balaban J connectivity index is 1.69. The van der Waals surface area contributed by atoms with Gasteiger partial charge in [0, 0.05) is 35.0 Å². The van der Waals surface area contributed by atoms with E-state index in [0.29, 0.717) is 22.3 Å². The van der Waals surface area contributed by atoms with Crippen LogP contribution in [0.4, 0.5) is 4.79 Å². The van der Waals surface area contributed by atoms with Crippen LogP contribution in [0, 0.1) is 0 Å². The molecule has 0 unspecified atom stereocenters. The molecule has 160 valence electrons. The number of benzene rings is 1. The number of carbonyl (C=O) groups is 2. The Labute approximate surface area is 183 Å². The number of hydrogen-bond acceptors (Lipinski definition) is 7. The van der Waals surface area contributed by atoms with Gasteiger partial charge in [-0.05, 0) is 56.3 Å². The van der Waals surface area contributed by atoms with Crippen LogP contribution < -0.4 is 10.0 Å². The molecule has 2 amide bonds. The molecule has 4 rings (SSSR count). The Hall–Kier alpha value is -2.95. The number of rotatable bonds is 4. The van der Waals surface area contributed by atoms with Gasteiger partial charge in [-0.3, -0.25) is 19.9 Å². The van der Waals surface area contributed by atoms with Crippen LogP contribution >= 0.6 is 11.8 Å². The highest BCUT2D eigenvalue weighted by Gasteiger charge is 2.26. The Kier molecular flexibility index (Phi) is 5.24. The van der Waals surface area contributed by atoms with E-state index in [1.165, 1.54) is 18.2 Å². The van der Waals surface area contributed by atoms with Crippen LogP contribution in [0.3, 0.4) is 0 Å². The van der Waals surface area contributed by atoms with Gasteiger partial charge in [-0.25, -0.2) is 13.1 Å². The van der Waals surface area contributed by atoms with Crippen LogP contribution in [0.25, 0.3) is 28.2 Å². The number of nitrogens with one attached hydrogen (secondary N) is 2. The summed E-state index contributed by atoms with van der Waals surface area (Å²) in [6.45, 7) is 5.33. The second-order valence-electron chi connectivity index (χ2n) is 7.99. The quantitative estimate of drug-likeness (QED) is 0.571. The van der Waals surface area contributed by atoms with Gasteiger partial charge in [0.1, 0.15) is 11.3 Å². The van der Waals surface area contributed by atoms with Gasteiger partial charge in [0.25, 0.3) is 11.1 Å². The molecule has 10 heteroatoms. The molecule has 0 aliphatic carbocycles. The summed E-state index contributed by atoms with van der Waals surface area (Å²) in [5.41, 5.74) is 1.35. The minimum absolute atomic E-state index is 0.158. The minimum atomic E-state index is -3.64. The highest BCUT2D eigenvalue weighted by atomic mass is 32.2. The van der Waals surface area contributed by atoms with E-state index in [1.807, 2.05) is 0 Å². The first kappa shape index (κ1) is 21.3. The second-order valence-corrected chi connectivity index (χ2v) is 10.7. The lowest BCUT2D eigenvalue weighted by molar-refractivity contribution is -0.115. The van der Waals surface area contributed by atoms with E-state index in [9.17, 15) is 18.0 Å². The fourth-order valence-electron chi connectivity index (χ4n) is 3.08. The lowest BCUT2D eigenvalue weighted by Crippen LogP contribution is -2.40. The highest BCUT2D eigenvalue weighted by Crippen LogP contribution is 2.33. The topological polar surface area (TPSA) is 118 Å². The summed E-state index contributed by atoms with van der Waals surface area (Å²) in [5.74, 6) is -0.0559. The molecule has 3 heterocycles. The van der Waals surface area contributed by atoms with Crippen molar-refractivity contribution in [3.63, 3.8) is 0 Å². The number of thioether (sulfide) groups is 1. The maximum atomic E-state index is 12.5. The van der Waals surface area contributed by atoms with Crippen LogP contribution in [-0.2, 0) is 14.8 Å². The maximum Gasteiger partial charge on any atom is 0.290 e. The molecule has 1 aliphatic rings. The van der Waals surface area contributed by atoms with Crippen molar-refractivity contribution in [3.8, 4) is 11.1 Å². The normalized spacial score (nSPS) is 16.3. The molecule has 0 radical (unpaired) electrons. The zero-order chi connectivity index (χ0) is 22.4. The Bertz CT molecular complexity index is 1330. The SMILES string of the molecule is CC(C)(C)NS(=O)(=O)c1ccc(-c2cncc3cc(/C=C4/SC(=O)NC4=O)oc23)cc1. The molecular formula is C21H19N3O5S2. The Morgan fingerprint density at radius 2 is 1.84 bits per heavy atom. The van der Waals surface area contributed by atoms with E-state index in [4.69, 9.17) is 4.42 Å². The van der Waals surface area contributed by atoms with Crippen molar-refractivity contribution in [2.45, 2.75) is 31.2 Å². The highest BCUT2D eigenvalue weighted by molar-refractivity contribution is 8.18. The van der Waals surface area contributed by atoms with Crippen molar-refractivity contribution in [3.05, 3.63) is 53.4 Å². The summed E-state index contributed by atoms with van der Waals surface area (Å²) in [6.07, 6.45) is 4.76. The first-order valence-corrected chi connectivity index (χ1v) is 11.6. The summed E-state index contributed by atoms with van der Waals surface area (Å²) in [5, 5.41) is 2.49. The average Bonchev–Trinajstić information content (AvgIpc) is 3.21. The summed E-state index contributed by atoms with van der Waals surface area (Å²) < 4.78 is 33.6. The van der Waals surface area contributed by atoms with E-state index in [2.05, 4.69) is 15.0 Å². The van der Waals surface area contributed by atoms with Gasteiger partial charge in [-0.2, -0.15) is 0 Å². The summed E-state index contributed by atoms with van der Waals surface area (Å²) in [6, 6.07) is 8.15. The molecule has 3 aromatic rings. The predicted octanol–water partition coefficient (Wildman–Crippen LogP) is 3.90. The first-order valence-electron chi connectivity index (χ1n) is 9.29. The zero-order valence-corrected chi connectivity index (χ0v) is 18.6. The van der Waals surface area contributed by atoms with Gasteiger partial charge in [-0.15, -0.1) is 0 Å². The van der Waals surface area contributed by atoms with Crippen LogP contribution in [0.1, 0.15) is 26.5 Å². The van der Waals surface area contributed by atoms with E-state index >= 15 is 0 Å². The number of carbonyl (C=O) groups excluding carboxylic acids is 2. The number of nitrogens with zero attached hydrogens (tertiary/aromatic N) is 1. The molecule has 2 aromatic heterocycles. The largest absolute Gasteiger partial charge is 0.456 e.